The average molecular weight is 361 g/mol. The maximum atomic E-state index is 12.7. The second kappa shape index (κ2) is 7.95. The Balaban J connectivity index is 1.59. The molecule has 2 heterocycles. The molecule has 1 saturated carbocycles. The molecule has 4 nitrogen and oxygen atoms in total. The molecule has 0 aliphatic heterocycles. The largest absolute Gasteiger partial charge is 0.310 e. The number of anilines is 1. The molecule has 0 bridgehead atoms. The zero-order chi connectivity index (χ0) is 18.6. The van der Waals surface area contributed by atoms with E-state index in [0.717, 1.165) is 34.7 Å². The number of nitrogens with one attached hydrogen (secondary N) is 1. The van der Waals surface area contributed by atoms with Gasteiger partial charge < -0.3 is 5.32 Å². The molecule has 140 valence electrons. The molecule has 1 aromatic carbocycles. The smallest absolute Gasteiger partial charge is 0.225 e. The van der Waals surface area contributed by atoms with Crippen molar-refractivity contribution in [3.05, 3.63) is 54.2 Å². The summed E-state index contributed by atoms with van der Waals surface area (Å²) < 4.78 is 2.00. The summed E-state index contributed by atoms with van der Waals surface area (Å²) in [5, 5.41) is 3.16. The van der Waals surface area contributed by atoms with Crippen LogP contribution in [0.15, 0.2) is 48.7 Å². The molecule has 0 unspecified atom stereocenters. The van der Waals surface area contributed by atoms with Crippen LogP contribution in [0, 0.1) is 12.8 Å². The fourth-order valence-corrected chi connectivity index (χ4v) is 4.13. The highest BCUT2D eigenvalue weighted by molar-refractivity contribution is 5.94. The van der Waals surface area contributed by atoms with E-state index in [0.29, 0.717) is 12.3 Å². The number of aromatic nitrogens is 2. The molecule has 2 aromatic heterocycles. The van der Waals surface area contributed by atoms with Crippen LogP contribution in [-0.2, 0) is 4.79 Å². The van der Waals surface area contributed by atoms with Gasteiger partial charge in [0.25, 0.3) is 0 Å². The Kier molecular flexibility index (Phi) is 5.23. The first-order valence-electron chi connectivity index (χ1n) is 10.1. The molecule has 0 spiro atoms. The third kappa shape index (κ3) is 3.90. The predicted octanol–water partition coefficient (Wildman–Crippen LogP) is 5.61. The Labute approximate surface area is 160 Å². The fraction of sp³-hybridized carbons (Fsp3) is 0.391. The van der Waals surface area contributed by atoms with E-state index in [-0.39, 0.29) is 5.91 Å². The highest BCUT2D eigenvalue weighted by Crippen LogP contribution is 2.31. The molecule has 1 N–H and O–H groups in total. The molecule has 1 amide bonds. The molecule has 4 rings (SSSR count). The van der Waals surface area contributed by atoms with Crippen molar-refractivity contribution in [1.82, 2.24) is 9.38 Å². The number of hydrogen-bond donors (Lipinski definition) is 1. The maximum absolute atomic E-state index is 12.7. The quantitative estimate of drug-likeness (QED) is 0.642. The normalized spacial score (nSPS) is 15.1. The van der Waals surface area contributed by atoms with E-state index in [1.807, 2.05) is 60.0 Å². The summed E-state index contributed by atoms with van der Waals surface area (Å²) in [6.45, 7) is 2.05. The molecule has 27 heavy (non-hydrogen) atoms. The second-order valence-electron chi connectivity index (χ2n) is 7.65. The summed E-state index contributed by atoms with van der Waals surface area (Å²) in [7, 11) is 0. The third-order valence-corrected chi connectivity index (χ3v) is 5.65. The van der Waals surface area contributed by atoms with Gasteiger partial charge in [-0.2, -0.15) is 0 Å². The lowest BCUT2D eigenvalue weighted by atomic mass is 9.86. The number of imidazole rings is 1. The minimum Gasteiger partial charge on any atom is -0.310 e. The van der Waals surface area contributed by atoms with Crippen molar-refractivity contribution in [1.29, 1.82) is 0 Å². The van der Waals surface area contributed by atoms with Gasteiger partial charge in [-0.25, -0.2) is 4.98 Å². The molecule has 4 heteroatoms. The number of hydrogen-bond acceptors (Lipinski definition) is 2. The second-order valence-corrected chi connectivity index (χ2v) is 7.65. The van der Waals surface area contributed by atoms with Gasteiger partial charge in [-0.05, 0) is 30.9 Å². The third-order valence-electron chi connectivity index (χ3n) is 5.65. The Morgan fingerprint density at radius 2 is 1.89 bits per heavy atom. The zero-order valence-corrected chi connectivity index (χ0v) is 15.9. The molecular weight excluding hydrogens is 334 g/mol. The zero-order valence-electron chi connectivity index (χ0n) is 15.9. The number of benzene rings is 1. The molecule has 1 aliphatic carbocycles. The van der Waals surface area contributed by atoms with E-state index >= 15 is 0 Å². The topological polar surface area (TPSA) is 46.4 Å². The lowest BCUT2D eigenvalue weighted by Gasteiger charge is -2.21. The van der Waals surface area contributed by atoms with Gasteiger partial charge in [0.05, 0.1) is 0 Å². The van der Waals surface area contributed by atoms with Crippen molar-refractivity contribution in [2.24, 2.45) is 5.92 Å². The molecule has 0 atom stereocenters. The lowest BCUT2D eigenvalue weighted by Crippen LogP contribution is -2.16. The van der Waals surface area contributed by atoms with E-state index in [9.17, 15) is 4.79 Å². The van der Waals surface area contributed by atoms with Crippen molar-refractivity contribution < 1.29 is 4.79 Å². The molecular formula is C23H27N3O. The van der Waals surface area contributed by atoms with E-state index < -0.39 is 0 Å². The lowest BCUT2D eigenvalue weighted by molar-refractivity contribution is -0.116. The highest BCUT2D eigenvalue weighted by Gasteiger charge is 2.19. The number of aryl methyl sites for hydroxylation is 1. The Bertz CT molecular complexity index is 923. The van der Waals surface area contributed by atoms with Gasteiger partial charge in [-0.3, -0.25) is 9.20 Å². The summed E-state index contributed by atoms with van der Waals surface area (Å²) in [5.74, 6) is 1.57. The first-order valence-corrected chi connectivity index (χ1v) is 10.1. The summed E-state index contributed by atoms with van der Waals surface area (Å²) in [5.41, 5.74) is 3.83. The monoisotopic (exact) mass is 361 g/mol. The van der Waals surface area contributed by atoms with Gasteiger partial charge in [-0.1, -0.05) is 68.5 Å². The number of fused-ring (bicyclic) bond motifs is 1. The summed E-state index contributed by atoms with van der Waals surface area (Å²) in [6.07, 6.45) is 10.1. The number of amides is 1. The molecule has 1 aliphatic rings. The van der Waals surface area contributed by atoms with E-state index in [1.165, 1.54) is 32.1 Å². The van der Waals surface area contributed by atoms with Crippen molar-refractivity contribution >= 4 is 17.4 Å². The van der Waals surface area contributed by atoms with Gasteiger partial charge in [0.1, 0.15) is 17.2 Å². The van der Waals surface area contributed by atoms with Crippen LogP contribution in [0.1, 0.15) is 50.5 Å². The Morgan fingerprint density at radius 1 is 1.11 bits per heavy atom. The van der Waals surface area contributed by atoms with Crippen LogP contribution in [0.3, 0.4) is 0 Å². The molecule has 1 fully saturated rings. The van der Waals surface area contributed by atoms with Crippen molar-refractivity contribution in [2.75, 3.05) is 5.32 Å². The van der Waals surface area contributed by atoms with Gasteiger partial charge in [0, 0.05) is 18.2 Å². The summed E-state index contributed by atoms with van der Waals surface area (Å²) in [6, 6.07) is 14.1. The minimum atomic E-state index is 0.0843. The van der Waals surface area contributed by atoms with Crippen LogP contribution in [0.5, 0.6) is 0 Å². The summed E-state index contributed by atoms with van der Waals surface area (Å²) in [4.78, 5) is 17.5. The van der Waals surface area contributed by atoms with Crippen LogP contribution in [0.25, 0.3) is 16.9 Å². The highest BCUT2D eigenvalue weighted by atomic mass is 16.1. The van der Waals surface area contributed by atoms with Crippen LogP contribution in [0.4, 0.5) is 5.82 Å². The van der Waals surface area contributed by atoms with Crippen LogP contribution in [0.2, 0.25) is 0 Å². The van der Waals surface area contributed by atoms with Crippen molar-refractivity contribution in [3.63, 3.8) is 0 Å². The van der Waals surface area contributed by atoms with Crippen LogP contribution >= 0.6 is 0 Å². The summed E-state index contributed by atoms with van der Waals surface area (Å²) >= 11 is 0. The van der Waals surface area contributed by atoms with Crippen molar-refractivity contribution in [3.8, 4) is 11.3 Å². The van der Waals surface area contributed by atoms with E-state index in [1.54, 1.807) is 0 Å². The minimum absolute atomic E-state index is 0.0843. The molecule has 0 saturated heterocycles. The first kappa shape index (κ1) is 17.8. The number of carbonyl (C=O) groups is 1. The van der Waals surface area contributed by atoms with Gasteiger partial charge >= 0.3 is 0 Å². The molecule has 0 radical (unpaired) electrons. The Hall–Kier alpha value is -2.62. The first-order chi connectivity index (χ1) is 13.2. The standard InChI is InChI=1S/C23H27N3O/c1-17-9-8-16-26-22(17)25-21(19-12-6-3-7-13-19)23(26)24-20(27)15-14-18-10-4-2-5-11-18/h3,6-9,12-13,16,18H,2,4-5,10-11,14-15H2,1H3,(H,24,27). The average Bonchev–Trinajstić information content (AvgIpc) is 3.08. The number of rotatable bonds is 5. The maximum Gasteiger partial charge on any atom is 0.225 e. The number of nitrogens with zero attached hydrogens (tertiary/aromatic N) is 2. The number of carbonyl (C=O) groups excluding carboxylic acids is 1. The molecule has 3 aromatic rings. The van der Waals surface area contributed by atoms with Gasteiger partial charge in [0.15, 0.2) is 0 Å². The van der Waals surface area contributed by atoms with Gasteiger partial charge in [-0.15, -0.1) is 0 Å². The van der Waals surface area contributed by atoms with Gasteiger partial charge in [0.2, 0.25) is 5.91 Å². The van der Waals surface area contributed by atoms with Crippen LogP contribution < -0.4 is 5.32 Å². The fourth-order valence-electron chi connectivity index (χ4n) is 4.13. The predicted molar refractivity (Wildman–Crippen MR) is 110 cm³/mol. The Morgan fingerprint density at radius 3 is 2.67 bits per heavy atom. The van der Waals surface area contributed by atoms with E-state index in [2.05, 4.69) is 5.32 Å². The van der Waals surface area contributed by atoms with E-state index in [4.69, 9.17) is 4.98 Å². The SMILES string of the molecule is Cc1cccn2c(NC(=O)CCC3CCCCC3)c(-c3ccccc3)nc12. The van der Waals surface area contributed by atoms with Crippen LogP contribution in [-0.4, -0.2) is 15.3 Å². The van der Waals surface area contributed by atoms with Crippen molar-refractivity contribution in [2.45, 2.75) is 51.9 Å². The number of pyridine rings is 1.